The highest BCUT2D eigenvalue weighted by molar-refractivity contribution is 9.10. The summed E-state index contributed by atoms with van der Waals surface area (Å²) in [5.41, 5.74) is 5.41. The average Bonchev–Trinajstić information content (AvgIpc) is 2.11. The van der Waals surface area contributed by atoms with E-state index in [1.54, 1.807) is 0 Å². The van der Waals surface area contributed by atoms with Crippen LogP contribution in [0.3, 0.4) is 0 Å². The monoisotopic (exact) mass is 267 g/mol. The molecule has 14 heavy (non-hydrogen) atoms. The zero-order chi connectivity index (χ0) is 10.7. The summed E-state index contributed by atoms with van der Waals surface area (Å²) >= 11 is 3.08. The van der Waals surface area contributed by atoms with Crippen LogP contribution in [0, 0.1) is 5.82 Å². The fraction of sp³-hybridized carbons (Fsp3) is 0.333. The molecule has 1 rings (SSSR count). The molecule has 1 nitrogen and oxygen atoms in total. The maximum absolute atomic E-state index is 12.8. The lowest BCUT2D eigenvalue weighted by Gasteiger charge is -2.15. The van der Waals surface area contributed by atoms with Crippen molar-refractivity contribution < 1.29 is 13.2 Å². The van der Waals surface area contributed by atoms with Gasteiger partial charge in [0.15, 0.2) is 0 Å². The van der Waals surface area contributed by atoms with Crippen molar-refractivity contribution in [2.75, 3.05) is 6.54 Å². The van der Waals surface area contributed by atoms with Crippen molar-refractivity contribution in [1.29, 1.82) is 0 Å². The Morgan fingerprint density at radius 2 is 2.00 bits per heavy atom. The van der Waals surface area contributed by atoms with Gasteiger partial charge in [-0.1, -0.05) is 15.9 Å². The molecule has 0 spiro atoms. The van der Waals surface area contributed by atoms with Crippen molar-refractivity contribution >= 4 is 15.9 Å². The lowest BCUT2D eigenvalue weighted by atomic mass is 10.00. The summed E-state index contributed by atoms with van der Waals surface area (Å²) in [4.78, 5) is 0. The van der Waals surface area contributed by atoms with Crippen LogP contribution in [0.5, 0.6) is 0 Å². The van der Waals surface area contributed by atoms with E-state index in [1.807, 2.05) is 0 Å². The Bertz CT molecular complexity index is 317. The largest absolute Gasteiger partial charge is 0.330 e. The van der Waals surface area contributed by atoms with Gasteiger partial charge in [-0.2, -0.15) is 0 Å². The molecule has 1 unspecified atom stereocenters. The highest BCUT2D eigenvalue weighted by Gasteiger charge is 2.23. The van der Waals surface area contributed by atoms with Crippen LogP contribution in [0.2, 0.25) is 0 Å². The van der Waals surface area contributed by atoms with Crippen LogP contribution in [0.4, 0.5) is 13.2 Å². The molecule has 0 heterocycles. The van der Waals surface area contributed by atoms with E-state index in [0.29, 0.717) is 4.47 Å². The standard InChI is InChI=1S/C9H9BrF3N/c10-8-2-1-5(11)3-6(8)7(4-14)9(12)13/h1-3,7,9H,4,14H2. The lowest BCUT2D eigenvalue weighted by molar-refractivity contribution is 0.116. The molecule has 0 radical (unpaired) electrons. The molecule has 0 aliphatic carbocycles. The Morgan fingerprint density at radius 3 is 2.50 bits per heavy atom. The first kappa shape index (κ1) is 11.5. The maximum atomic E-state index is 12.8. The van der Waals surface area contributed by atoms with E-state index < -0.39 is 18.2 Å². The Kier molecular flexibility index (Phi) is 3.95. The zero-order valence-electron chi connectivity index (χ0n) is 7.18. The van der Waals surface area contributed by atoms with E-state index in [9.17, 15) is 13.2 Å². The molecule has 0 fully saturated rings. The van der Waals surface area contributed by atoms with Gasteiger partial charge in [-0.25, -0.2) is 13.2 Å². The quantitative estimate of drug-likeness (QED) is 0.896. The second-order valence-electron chi connectivity index (χ2n) is 2.84. The summed E-state index contributed by atoms with van der Waals surface area (Å²) in [7, 11) is 0. The average molecular weight is 268 g/mol. The second-order valence-corrected chi connectivity index (χ2v) is 3.70. The minimum absolute atomic E-state index is 0.209. The Balaban J connectivity index is 3.08. The van der Waals surface area contributed by atoms with Crippen LogP contribution in [0.15, 0.2) is 22.7 Å². The summed E-state index contributed by atoms with van der Waals surface area (Å²) in [6, 6.07) is 3.68. The highest BCUT2D eigenvalue weighted by atomic mass is 79.9. The van der Waals surface area contributed by atoms with Gasteiger partial charge >= 0.3 is 0 Å². The van der Waals surface area contributed by atoms with E-state index in [0.717, 1.165) is 6.07 Å². The first-order chi connectivity index (χ1) is 6.56. The third-order valence-corrected chi connectivity index (χ3v) is 2.64. The number of hydrogen-bond acceptors (Lipinski definition) is 1. The van der Waals surface area contributed by atoms with Gasteiger partial charge in [-0.15, -0.1) is 0 Å². The Morgan fingerprint density at radius 1 is 1.36 bits per heavy atom. The Labute approximate surface area is 88.2 Å². The summed E-state index contributed by atoms with van der Waals surface area (Å²) in [6.07, 6.45) is -2.59. The van der Waals surface area contributed by atoms with E-state index in [4.69, 9.17) is 5.73 Å². The topological polar surface area (TPSA) is 26.0 Å². The molecule has 0 aliphatic rings. The molecule has 0 amide bonds. The maximum Gasteiger partial charge on any atom is 0.246 e. The normalized spacial score (nSPS) is 13.3. The van der Waals surface area contributed by atoms with Gasteiger partial charge in [-0.05, 0) is 23.8 Å². The molecule has 5 heteroatoms. The Hall–Kier alpha value is -0.550. The van der Waals surface area contributed by atoms with Crippen molar-refractivity contribution in [2.24, 2.45) is 5.73 Å². The molecule has 0 bridgehead atoms. The number of nitrogens with two attached hydrogens (primary N) is 1. The van der Waals surface area contributed by atoms with E-state index >= 15 is 0 Å². The highest BCUT2D eigenvalue weighted by Crippen LogP contribution is 2.29. The lowest BCUT2D eigenvalue weighted by Crippen LogP contribution is -2.20. The molecule has 0 aliphatic heterocycles. The fourth-order valence-corrected chi connectivity index (χ4v) is 1.70. The molecule has 1 aromatic carbocycles. The molecule has 2 N–H and O–H groups in total. The van der Waals surface area contributed by atoms with E-state index in [-0.39, 0.29) is 12.1 Å². The minimum atomic E-state index is -2.59. The van der Waals surface area contributed by atoms with Gasteiger partial charge in [0.05, 0.1) is 5.92 Å². The first-order valence-electron chi connectivity index (χ1n) is 3.99. The van der Waals surface area contributed by atoms with Gasteiger partial charge in [-0.3, -0.25) is 0 Å². The molecular weight excluding hydrogens is 259 g/mol. The number of rotatable bonds is 3. The van der Waals surface area contributed by atoms with Crippen LogP contribution < -0.4 is 5.73 Å². The molecule has 1 aromatic rings. The van der Waals surface area contributed by atoms with Crippen LogP contribution in [0.1, 0.15) is 11.5 Å². The van der Waals surface area contributed by atoms with Gasteiger partial charge < -0.3 is 5.73 Å². The first-order valence-corrected chi connectivity index (χ1v) is 4.78. The molecule has 0 aromatic heterocycles. The number of benzene rings is 1. The number of hydrogen-bond donors (Lipinski definition) is 1. The molecule has 78 valence electrons. The predicted octanol–water partition coefficient (Wildman–Crippen LogP) is 2.90. The van der Waals surface area contributed by atoms with Crippen LogP contribution >= 0.6 is 15.9 Å². The summed E-state index contributed by atoms with van der Waals surface area (Å²) in [5, 5.41) is 0. The van der Waals surface area contributed by atoms with E-state index in [2.05, 4.69) is 15.9 Å². The molecule has 0 saturated carbocycles. The molecule has 1 atom stereocenters. The molecule has 0 saturated heterocycles. The smallest absolute Gasteiger partial charge is 0.246 e. The van der Waals surface area contributed by atoms with Gasteiger partial charge in [0.2, 0.25) is 6.43 Å². The number of halogens is 4. The predicted molar refractivity (Wildman–Crippen MR) is 51.9 cm³/mol. The van der Waals surface area contributed by atoms with Crippen LogP contribution in [0.25, 0.3) is 0 Å². The fourth-order valence-electron chi connectivity index (χ4n) is 1.16. The summed E-state index contributed by atoms with van der Waals surface area (Å²) in [6.45, 7) is -0.209. The molecular formula is C9H9BrF3N. The third-order valence-electron chi connectivity index (χ3n) is 1.92. The van der Waals surface area contributed by atoms with E-state index in [1.165, 1.54) is 12.1 Å². The van der Waals surface area contributed by atoms with Gasteiger partial charge in [0.25, 0.3) is 0 Å². The van der Waals surface area contributed by atoms with Crippen molar-refractivity contribution in [3.63, 3.8) is 0 Å². The SMILES string of the molecule is NCC(c1cc(F)ccc1Br)C(F)F. The number of alkyl halides is 2. The van der Waals surface area contributed by atoms with Gasteiger partial charge in [0.1, 0.15) is 5.82 Å². The van der Waals surface area contributed by atoms with Crippen molar-refractivity contribution in [3.8, 4) is 0 Å². The minimum Gasteiger partial charge on any atom is -0.330 e. The van der Waals surface area contributed by atoms with Crippen molar-refractivity contribution in [3.05, 3.63) is 34.1 Å². The van der Waals surface area contributed by atoms with Gasteiger partial charge in [0, 0.05) is 11.0 Å². The third kappa shape index (κ3) is 2.48. The summed E-state index contributed by atoms with van der Waals surface area (Å²) < 4.78 is 38.2. The van der Waals surface area contributed by atoms with Crippen LogP contribution in [-0.2, 0) is 0 Å². The van der Waals surface area contributed by atoms with Crippen LogP contribution in [-0.4, -0.2) is 13.0 Å². The van der Waals surface area contributed by atoms with Crippen molar-refractivity contribution in [1.82, 2.24) is 0 Å². The van der Waals surface area contributed by atoms with Crippen molar-refractivity contribution in [2.45, 2.75) is 12.3 Å². The summed E-state index contributed by atoms with van der Waals surface area (Å²) in [5.74, 6) is -1.66. The zero-order valence-corrected chi connectivity index (χ0v) is 8.77. The second kappa shape index (κ2) is 4.79.